The highest BCUT2D eigenvalue weighted by atomic mass is 16.4. The van der Waals surface area contributed by atoms with E-state index in [-0.39, 0.29) is 5.92 Å². The number of hydrogen-bond donors (Lipinski definition) is 0. The maximum atomic E-state index is 10.3. The summed E-state index contributed by atoms with van der Waals surface area (Å²) in [6, 6.07) is 0. The van der Waals surface area contributed by atoms with Gasteiger partial charge in [0.1, 0.15) is 5.92 Å². The number of carbonyl (C=O) groups is 1. The van der Waals surface area contributed by atoms with Gasteiger partial charge in [-0.1, -0.05) is 12.2 Å². The molecule has 0 aromatic heterocycles. The Bertz CT molecular complexity index is 126. The largest absolute Gasteiger partial charge is 0.564 e. The second kappa shape index (κ2) is 1.99. The van der Waals surface area contributed by atoms with Crippen LogP contribution in [0, 0.1) is 5.92 Å². The van der Waals surface area contributed by atoms with Crippen LogP contribution < -0.4 is 0 Å². The first-order valence-corrected chi connectivity index (χ1v) is 2.73. The highest BCUT2D eigenvalue weighted by Crippen LogP contribution is 2.15. The zero-order valence-electron chi connectivity index (χ0n) is 4.55. The fourth-order valence-electron chi connectivity index (χ4n) is 0.851. The van der Waals surface area contributed by atoms with Gasteiger partial charge in [0, 0.05) is 4.79 Å². The molecule has 1 unspecified atom stereocenters. The van der Waals surface area contributed by atoms with E-state index in [1.54, 1.807) is 0 Å². The molecule has 0 spiro atoms. The Morgan fingerprint density at radius 1 is 1.75 bits per heavy atom. The van der Waals surface area contributed by atoms with Crippen LogP contribution in [0.5, 0.6) is 0 Å². The van der Waals surface area contributed by atoms with E-state index in [0.29, 0.717) is 0 Å². The molecule has 0 aromatic rings. The zero-order chi connectivity index (χ0) is 5.98. The van der Waals surface area contributed by atoms with Gasteiger partial charge in [-0.05, 0) is 12.8 Å². The molecular formula is C6H9O2+. The van der Waals surface area contributed by atoms with E-state index in [1.165, 1.54) is 0 Å². The third kappa shape index (κ3) is 0.886. The molecule has 0 fully saturated rings. The van der Waals surface area contributed by atoms with Gasteiger partial charge in [0.05, 0.1) is 0 Å². The van der Waals surface area contributed by atoms with Crippen molar-refractivity contribution in [3.63, 3.8) is 0 Å². The molecule has 2 N–H and O–H groups in total. The Hall–Kier alpha value is -0.790. The predicted octanol–water partition coefficient (Wildman–Crippen LogP) is 0.204. The number of rotatable bonds is 1. The van der Waals surface area contributed by atoms with Crippen LogP contribution in [0.3, 0.4) is 0 Å². The topological polar surface area (TPSA) is 40.0 Å². The minimum atomic E-state index is -0.446. The summed E-state index contributed by atoms with van der Waals surface area (Å²) in [6.45, 7) is 0. The highest BCUT2D eigenvalue weighted by molar-refractivity contribution is 5.72. The molecule has 1 atom stereocenters. The van der Waals surface area contributed by atoms with Crippen LogP contribution in [0.15, 0.2) is 12.2 Å². The lowest BCUT2D eigenvalue weighted by Gasteiger charge is -1.89. The molecule has 0 saturated carbocycles. The van der Waals surface area contributed by atoms with Gasteiger partial charge in [-0.15, -0.1) is 0 Å². The molecule has 44 valence electrons. The van der Waals surface area contributed by atoms with Crippen molar-refractivity contribution in [3.05, 3.63) is 12.2 Å². The average Bonchev–Trinajstić information content (AvgIpc) is 2.12. The predicted molar refractivity (Wildman–Crippen MR) is 30.5 cm³/mol. The van der Waals surface area contributed by atoms with E-state index in [1.807, 2.05) is 12.2 Å². The molecule has 0 saturated heterocycles. The first kappa shape index (κ1) is 5.35. The minimum Gasteiger partial charge on any atom is -0.564 e. The summed E-state index contributed by atoms with van der Waals surface area (Å²) in [7, 11) is 0. The normalized spacial score (nSPS) is 26.2. The zero-order valence-corrected chi connectivity index (χ0v) is 4.55. The Morgan fingerprint density at radius 3 is 2.75 bits per heavy atom. The fourth-order valence-corrected chi connectivity index (χ4v) is 0.851. The summed E-state index contributed by atoms with van der Waals surface area (Å²) in [6.07, 6.45) is 5.59. The lowest BCUT2D eigenvalue weighted by Crippen LogP contribution is -2.06. The molecule has 0 aliphatic heterocycles. The van der Waals surface area contributed by atoms with Crippen LogP contribution in [-0.2, 0) is 4.79 Å². The van der Waals surface area contributed by atoms with Crippen molar-refractivity contribution in [2.45, 2.75) is 12.8 Å². The Balaban J connectivity index is 2.48. The SMILES string of the molecule is O=C([OH2+])C1C=CCC1. The smallest absolute Gasteiger partial charge is 0.522 e. The quantitative estimate of drug-likeness (QED) is 0.354. The van der Waals surface area contributed by atoms with Crippen LogP contribution in [0.2, 0.25) is 0 Å². The van der Waals surface area contributed by atoms with Crippen LogP contribution >= 0.6 is 0 Å². The summed E-state index contributed by atoms with van der Waals surface area (Å²) < 4.78 is 0. The van der Waals surface area contributed by atoms with E-state index >= 15 is 0 Å². The second-order valence-electron chi connectivity index (χ2n) is 1.98. The van der Waals surface area contributed by atoms with Crippen LogP contribution in [0.1, 0.15) is 12.8 Å². The van der Waals surface area contributed by atoms with E-state index in [0.717, 1.165) is 12.8 Å². The summed E-state index contributed by atoms with van der Waals surface area (Å²) in [5.74, 6) is -0.534. The highest BCUT2D eigenvalue weighted by Gasteiger charge is 2.23. The average molecular weight is 113 g/mol. The molecule has 0 aromatic carbocycles. The standard InChI is InChI=1S/C6H8O2/c7-6(8)5-3-1-2-4-5/h1,3,5H,2,4H2,(H,7,8)/p+1. The summed E-state index contributed by atoms with van der Waals surface area (Å²) in [5.41, 5.74) is 0. The summed E-state index contributed by atoms with van der Waals surface area (Å²) in [5, 5.41) is 6.68. The first-order valence-electron chi connectivity index (χ1n) is 2.73. The van der Waals surface area contributed by atoms with Gasteiger partial charge in [-0.25, -0.2) is 0 Å². The van der Waals surface area contributed by atoms with Gasteiger partial charge in [0.2, 0.25) is 0 Å². The molecule has 0 heterocycles. The number of carbonyl (C=O) groups excluding carboxylic acids is 1. The van der Waals surface area contributed by atoms with Crippen LogP contribution in [0.25, 0.3) is 0 Å². The number of hydrogen-bond acceptors (Lipinski definition) is 1. The van der Waals surface area contributed by atoms with Gasteiger partial charge >= 0.3 is 5.97 Å². The molecule has 8 heavy (non-hydrogen) atoms. The Kier molecular flexibility index (Phi) is 1.33. The van der Waals surface area contributed by atoms with Crippen molar-refractivity contribution >= 4 is 5.97 Å². The van der Waals surface area contributed by atoms with Crippen molar-refractivity contribution in [2.75, 3.05) is 0 Å². The van der Waals surface area contributed by atoms with Gasteiger partial charge in [-0.3, -0.25) is 0 Å². The molecule has 1 aliphatic carbocycles. The van der Waals surface area contributed by atoms with Crippen molar-refractivity contribution in [1.82, 2.24) is 0 Å². The molecular weight excluding hydrogens is 104 g/mol. The summed E-state index contributed by atoms with van der Waals surface area (Å²) in [4.78, 5) is 10.3. The second-order valence-corrected chi connectivity index (χ2v) is 1.98. The fraction of sp³-hybridized carbons (Fsp3) is 0.500. The van der Waals surface area contributed by atoms with Gasteiger partial charge in [-0.2, -0.15) is 0 Å². The molecule has 1 rings (SSSR count). The Labute approximate surface area is 47.8 Å². The van der Waals surface area contributed by atoms with Crippen molar-refractivity contribution in [2.24, 2.45) is 5.92 Å². The molecule has 0 bridgehead atoms. The number of allylic oxidation sites excluding steroid dienone is 1. The van der Waals surface area contributed by atoms with E-state index in [4.69, 9.17) is 5.11 Å². The Morgan fingerprint density at radius 2 is 2.50 bits per heavy atom. The van der Waals surface area contributed by atoms with E-state index in [9.17, 15) is 4.79 Å². The minimum absolute atomic E-state index is 0.0880. The lowest BCUT2D eigenvalue weighted by atomic mass is 10.1. The first-order chi connectivity index (χ1) is 3.80. The lowest BCUT2D eigenvalue weighted by molar-refractivity contribution is -0.140. The van der Waals surface area contributed by atoms with Gasteiger partial charge < -0.3 is 5.11 Å². The van der Waals surface area contributed by atoms with Crippen LogP contribution in [-0.4, -0.2) is 11.1 Å². The summed E-state index contributed by atoms with van der Waals surface area (Å²) >= 11 is 0. The van der Waals surface area contributed by atoms with E-state index < -0.39 is 5.97 Å². The molecule has 0 amide bonds. The van der Waals surface area contributed by atoms with Crippen molar-refractivity contribution in [3.8, 4) is 0 Å². The van der Waals surface area contributed by atoms with Gasteiger partial charge in [0.25, 0.3) is 0 Å². The van der Waals surface area contributed by atoms with Crippen molar-refractivity contribution < 1.29 is 9.90 Å². The molecule has 2 nitrogen and oxygen atoms in total. The maximum absolute atomic E-state index is 10.3. The molecule has 1 aliphatic rings. The van der Waals surface area contributed by atoms with Gasteiger partial charge in [0.15, 0.2) is 0 Å². The van der Waals surface area contributed by atoms with Crippen molar-refractivity contribution in [1.29, 1.82) is 0 Å². The third-order valence-corrected chi connectivity index (χ3v) is 1.35. The van der Waals surface area contributed by atoms with Crippen LogP contribution in [0.4, 0.5) is 0 Å². The molecule has 0 radical (unpaired) electrons. The monoisotopic (exact) mass is 113 g/mol. The molecule has 2 heteroatoms. The third-order valence-electron chi connectivity index (χ3n) is 1.35. The maximum Gasteiger partial charge on any atom is 0.522 e. The van der Waals surface area contributed by atoms with E-state index in [2.05, 4.69) is 0 Å².